The zero-order chi connectivity index (χ0) is 19.9. The molecule has 0 saturated carbocycles. The van der Waals surface area contributed by atoms with Crippen molar-refractivity contribution in [1.82, 2.24) is 0 Å². The second-order valence-corrected chi connectivity index (χ2v) is 6.67. The molecule has 28 heavy (non-hydrogen) atoms. The van der Waals surface area contributed by atoms with Gasteiger partial charge in [0.25, 0.3) is 5.91 Å². The lowest BCUT2D eigenvalue weighted by atomic mass is 10.1. The van der Waals surface area contributed by atoms with Gasteiger partial charge in [0.1, 0.15) is 12.4 Å². The Hall–Kier alpha value is -2.99. The molecule has 6 heteroatoms. The van der Waals surface area contributed by atoms with E-state index in [9.17, 15) is 4.79 Å². The summed E-state index contributed by atoms with van der Waals surface area (Å²) < 4.78 is 17.4. The fourth-order valence-corrected chi connectivity index (χ4v) is 3.30. The summed E-state index contributed by atoms with van der Waals surface area (Å²) in [5, 5.41) is 2.88. The molecule has 0 heterocycles. The highest BCUT2D eigenvalue weighted by molar-refractivity contribution is 9.10. The molecule has 3 rings (SSSR count). The molecule has 0 aliphatic rings. The van der Waals surface area contributed by atoms with Crippen LogP contribution in [0.5, 0.6) is 17.2 Å². The van der Waals surface area contributed by atoms with Gasteiger partial charge in [-0.1, -0.05) is 36.4 Å². The number of para-hydroxylation sites is 2. The lowest BCUT2D eigenvalue weighted by Crippen LogP contribution is -2.13. The van der Waals surface area contributed by atoms with E-state index >= 15 is 0 Å². The minimum Gasteiger partial charge on any atom is -0.493 e. The Balaban J connectivity index is 1.78. The van der Waals surface area contributed by atoms with Gasteiger partial charge in [-0.15, -0.1) is 0 Å². The normalized spacial score (nSPS) is 10.2. The molecule has 0 unspecified atom stereocenters. The number of nitrogens with one attached hydrogen (secondary N) is 1. The van der Waals surface area contributed by atoms with Crippen LogP contribution in [0.2, 0.25) is 0 Å². The number of ether oxygens (including phenoxy) is 3. The first-order valence-corrected chi connectivity index (χ1v) is 9.41. The highest BCUT2D eigenvalue weighted by Crippen LogP contribution is 2.38. The van der Waals surface area contributed by atoms with Crippen molar-refractivity contribution in [2.75, 3.05) is 19.5 Å². The van der Waals surface area contributed by atoms with Crippen LogP contribution in [0, 0.1) is 0 Å². The number of rotatable bonds is 7. The van der Waals surface area contributed by atoms with Crippen LogP contribution in [0.25, 0.3) is 0 Å². The lowest BCUT2D eigenvalue weighted by molar-refractivity contribution is 0.102. The molecule has 1 N–H and O–H groups in total. The SMILES string of the molecule is COc1ccc(COc2ccccc2C(=O)Nc2ccccc2)c(Br)c1OC. The van der Waals surface area contributed by atoms with Crippen molar-refractivity contribution in [3.8, 4) is 17.2 Å². The summed E-state index contributed by atoms with van der Waals surface area (Å²) in [6.45, 7) is 0.260. The Kier molecular flexibility index (Phi) is 6.55. The standard InChI is InChI=1S/C22H20BrNO4/c1-26-19-13-12-15(20(23)21(19)27-2)14-28-18-11-7-6-10-17(18)22(25)24-16-8-4-3-5-9-16/h3-13H,14H2,1-2H3,(H,24,25). The quantitative estimate of drug-likeness (QED) is 0.540. The molecule has 3 aromatic rings. The minimum atomic E-state index is -0.229. The van der Waals surface area contributed by atoms with E-state index in [1.165, 1.54) is 0 Å². The van der Waals surface area contributed by atoms with E-state index in [1.807, 2.05) is 48.5 Å². The van der Waals surface area contributed by atoms with Gasteiger partial charge in [-0.3, -0.25) is 4.79 Å². The predicted octanol–water partition coefficient (Wildman–Crippen LogP) is 5.30. The molecule has 1 amide bonds. The summed E-state index contributed by atoms with van der Waals surface area (Å²) in [5.74, 6) is 1.49. The highest BCUT2D eigenvalue weighted by Gasteiger charge is 2.16. The third kappa shape index (κ3) is 4.46. The van der Waals surface area contributed by atoms with Gasteiger partial charge in [-0.05, 0) is 46.3 Å². The van der Waals surface area contributed by atoms with Crippen molar-refractivity contribution >= 4 is 27.5 Å². The zero-order valence-corrected chi connectivity index (χ0v) is 17.2. The largest absolute Gasteiger partial charge is 0.493 e. The average Bonchev–Trinajstić information content (AvgIpc) is 2.73. The molecule has 0 saturated heterocycles. The Morgan fingerprint density at radius 1 is 0.893 bits per heavy atom. The molecule has 0 spiro atoms. The summed E-state index contributed by atoms with van der Waals surface area (Å²) in [5.41, 5.74) is 2.06. The van der Waals surface area contributed by atoms with Gasteiger partial charge in [0.2, 0.25) is 0 Å². The first-order valence-electron chi connectivity index (χ1n) is 8.61. The van der Waals surface area contributed by atoms with Crippen LogP contribution >= 0.6 is 15.9 Å². The van der Waals surface area contributed by atoms with Crippen LogP contribution in [0.3, 0.4) is 0 Å². The van der Waals surface area contributed by atoms with Gasteiger partial charge in [0, 0.05) is 11.3 Å². The van der Waals surface area contributed by atoms with Crippen LogP contribution < -0.4 is 19.5 Å². The van der Waals surface area contributed by atoms with Crippen molar-refractivity contribution in [1.29, 1.82) is 0 Å². The van der Waals surface area contributed by atoms with Crippen LogP contribution in [-0.2, 0) is 6.61 Å². The zero-order valence-electron chi connectivity index (χ0n) is 15.6. The maximum atomic E-state index is 12.7. The molecule has 0 aliphatic heterocycles. The second-order valence-electron chi connectivity index (χ2n) is 5.88. The first-order chi connectivity index (χ1) is 13.6. The van der Waals surface area contributed by atoms with Gasteiger partial charge in [-0.2, -0.15) is 0 Å². The Morgan fingerprint density at radius 3 is 2.32 bits per heavy atom. The average molecular weight is 442 g/mol. The minimum absolute atomic E-state index is 0.229. The van der Waals surface area contributed by atoms with Crippen molar-refractivity contribution in [3.63, 3.8) is 0 Å². The molecular weight excluding hydrogens is 422 g/mol. The van der Waals surface area contributed by atoms with E-state index in [0.29, 0.717) is 22.8 Å². The topological polar surface area (TPSA) is 56.8 Å². The second kappa shape index (κ2) is 9.28. The monoisotopic (exact) mass is 441 g/mol. The molecule has 144 valence electrons. The fraction of sp³-hybridized carbons (Fsp3) is 0.136. The number of methoxy groups -OCH3 is 2. The van der Waals surface area contributed by atoms with E-state index in [4.69, 9.17) is 14.2 Å². The molecule has 3 aromatic carbocycles. The van der Waals surface area contributed by atoms with E-state index in [-0.39, 0.29) is 12.5 Å². The number of carbonyl (C=O) groups is 1. The lowest BCUT2D eigenvalue weighted by Gasteiger charge is -2.15. The summed E-state index contributed by atoms with van der Waals surface area (Å²) in [4.78, 5) is 12.7. The van der Waals surface area contributed by atoms with E-state index in [0.717, 1.165) is 15.7 Å². The Labute approximate surface area is 172 Å². The number of benzene rings is 3. The fourth-order valence-electron chi connectivity index (χ4n) is 2.70. The number of hydrogen-bond donors (Lipinski definition) is 1. The maximum absolute atomic E-state index is 12.7. The van der Waals surface area contributed by atoms with Crippen molar-refractivity contribution in [2.45, 2.75) is 6.61 Å². The number of halogens is 1. The predicted molar refractivity (Wildman–Crippen MR) is 112 cm³/mol. The highest BCUT2D eigenvalue weighted by atomic mass is 79.9. The third-order valence-corrected chi connectivity index (χ3v) is 4.98. The van der Waals surface area contributed by atoms with Gasteiger partial charge in [-0.25, -0.2) is 0 Å². The molecule has 0 aliphatic carbocycles. The van der Waals surface area contributed by atoms with Gasteiger partial charge in [0.15, 0.2) is 11.5 Å². The first kappa shape index (κ1) is 19.8. The third-order valence-electron chi connectivity index (χ3n) is 4.11. The number of anilines is 1. The van der Waals surface area contributed by atoms with Crippen molar-refractivity contribution < 1.29 is 19.0 Å². The molecule has 0 bridgehead atoms. The van der Waals surface area contributed by atoms with E-state index < -0.39 is 0 Å². The molecule has 0 fully saturated rings. The van der Waals surface area contributed by atoms with E-state index in [2.05, 4.69) is 21.2 Å². The summed E-state index contributed by atoms with van der Waals surface area (Å²) in [7, 11) is 3.17. The van der Waals surface area contributed by atoms with Gasteiger partial charge in [0.05, 0.1) is 24.3 Å². The summed E-state index contributed by atoms with van der Waals surface area (Å²) in [6, 6.07) is 20.1. The van der Waals surface area contributed by atoms with Crippen LogP contribution in [0.4, 0.5) is 5.69 Å². The molecule has 0 atom stereocenters. The van der Waals surface area contributed by atoms with Crippen molar-refractivity contribution in [3.05, 3.63) is 82.3 Å². The number of amides is 1. The summed E-state index contributed by atoms with van der Waals surface area (Å²) >= 11 is 3.53. The van der Waals surface area contributed by atoms with Crippen molar-refractivity contribution in [2.24, 2.45) is 0 Å². The molecule has 5 nitrogen and oxygen atoms in total. The number of carbonyl (C=O) groups excluding carboxylic acids is 1. The van der Waals surface area contributed by atoms with Crippen LogP contribution in [-0.4, -0.2) is 20.1 Å². The Morgan fingerprint density at radius 2 is 1.61 bits per heavy atom. The molecule has 0 aromatic heterocycles. The molecule has 0 radical (unpaired) electrons. The van der Waals surface area contributed by atoms with E-state index in [1.54, 1.807) is 32.4 Å². The van der Waals surface area contributed by atoms with Crippen LogP contribution in [0.1, 0.15) is 15.9 Å². The van der Waals surface area contributed by atoms with Crippen LogP contribution in [0.15, 0.2) is 71.2 Å². The van der Waals surface area contributed by atoms with Gasteiger partial charge >= 0.3 is 0 Å². The maximum Gasteiger partial charge on any atom is 0.259 e. The number of hydrogen-bond acceptors (Lipinski definition) is 4. The molecular formula is C22H20BrNO4. The van der Waals surface area contributed by atoms with Gasteiger partial charge < -0.3 is 19.5 Å². The Bertz CT molecular complexity index is 960. The summed E-state index contributed by atoms with van der Waals surface area (Å²) in [6.07, 6.45) is 0. The smallest absolute Gasteiger partial charge is 0.259 e.